The topological polar surface area (TPSA) is 120 Å². The summed E-state index contributed by atoms with van der Waals surface area (Å²) in [5.74, 6) is 1.33. The van der Waals surface area contributed by atoms with Gasteiger partial charge in [0.25, 0.3) is 0 Å². The van der Waals surface area contributed by atoms with E-state index in [0.717, 1.165) is 69.5 Å². The first kappa shape index (κ1) is 46.9. The van der Waals surface area contributed by atoms with Gasteiger partial charge in [-0.25, -0.2) is 4.98 Å². The molecule has 0 spiro atoms. The van der Waals surface area contributed by atoms with Crippen molar-refractivity contribution in [3.63, 3.8) is 0 Å². The van der Waals surface area contributed by atoms with Crippen LogP contribution in [0.5, 0.6) is 0 Å². The van der Waals surface area contributed by atoms with Gasteiger partial charge in [-0.1, -0.05) is 47.5 Å². The number of nitrogens with zero attached hydrogens (tertiary/aromatic N) is 1. The zero-order valence-electron chi connectivity index (χ0n) is 33.0. The quantitative estimate of drug-likeness (QED) is 0.113. The lowest BCUT2D eigenvalue weighted by atomic mass is 9.85. The number of ketones is 1. The van der Waals surface area contributed by atoms with Crippen LogP contribution in [0.3, 0.4) is 0 Å². The number of halogens is 3. The summed E-state index contributed by atoms with van der Waals surface area (Å²) in [6.07, 6.45) is 5.42. The Morgan fingerprint density at radius 3 is 2.06 bits per heavy atom. The normalized spacial score (nSPS) is 15.4. The number of pyridine rings is 1. The maximum absolute atomic E-state index is 13.6. The molecule has 3 fully saturated rings. The SMILES string of the molecule is C1COC1.CC.CC=N.CCCC(=N)Cc1cc(C)nc(NC2COC2)c1.CCCC(=O)c1cc(C(C)NCC2CCC2)cc(C(F)(F)F)c1CC. The van der Waals surface area contributed by atoms with E-state index in [0.29, 0.717) is 23.9 Å². The van der Waals surface area contributed by atoms with Crippen LogP contribution < -0.4 is 10.6 Å². The summed E-state index contributed by atoms with van der Waals surface area (Å²) in [7, 11) is 0. The summed E-state index contributed by atoms with van der Waals surface area (Å²) in [5, 5.41) is 20.7. The van der Waals surface area contributed by atoms with Gasteiger partial charge in [-0.3, -0.25) is 4.79 Å². The number of hydrogen-bond acceptors (Lipinski definition) is 8. The van der Waals surface area contributed by atoms with Gasteiger partial charge in [0.05, 0.1) is 24.8 Å². The largest absolute Gasteiger partial charge is 0.416 e. The molecule has 1 saturated carbocycles. The zero-order valence-corrected chi connectivity index (χ0v) is 33.0. The summed E-state index contributed by atoms with van der Waals surface area (Å²) in [4.78, 5) is 16.9. The molecule has 2 aromatic rings. The van der Waals surface area contributed by atoms with Crippen LogP contribution in [0.2, 0.25) is 0 Å². The molecule has 8 nitrogen and oxygen atoms in total. The summed E-state index contributed by atoms with van der Waals surface area (Å²) < 4.78 is 50.5. The molecule has 4 N–H and O–H groups in total. The number of carbonyl (C=O) groups excluding carboxylic acids is 1. The van der Waals surface area contributed by atoms with Crippen LogP contribution in [0.1, 0.15) is 144 Å². The van der Waals surface area contributed by atoms with E-state index in [1.54, 1.807) is 19.9 Å². The van der Waals surface area contributed by atoms with E-state index in [1.807, 2.05) is 34.6 Å². The Kier molecular flexibility index (Phi) is 23.2. The fourth-order valence-electron chi connectivity index (χ4n) is 5.57. The van der Waals surface area contributed by atoms with E-state index in [2.05, 4.69) is 34.7 Å². The maximum Gasteiger partial charge on any atom is 0.416 e. The second-order valence-corrected chi connectivity index (χ2v) is 13.2. The van der Waals surface area contributed by atoms with Crippen molar-refractivity contribution in [2.24, 2.45) is 5.92 Å². The van der Waals surface area contributed by atoms with Gasteiger partial charge < -0.3 is 30.9 Å². The molecule has 3 aliphatic rings. The molecule has 1 unspecified atom stereocenters. The van der Waals surface area contributed by atoms with E-state index in [-0.39, 0.29) is 35.8 Å². The fourth-order valence-corrected chi connectivity index (χ4v) is 5.57. The summed E-state index contributed by atoms with van der Waals surface area (Å²) in [5.41, 5.74) is 3.21. The Balaban J connectivity index is 0.000000433. The van der Waals surface area contributed by atoms with E-state index >= 15 is 0 Å². The zero-order chi connectivity index (χ0) is 39.1. The van der Waals surface area contributed by atoms with Gasteiger partial charge in [-0.05, 0) is 119 Å². The minimum Gasteiger partial charge on any atom is -0.381 e. The van der Waals surface area contributed by atoms with E-state index in [9.17, 15) is 18.0 Å². The Labute approximate surface area is 311 Å². The Morgan fingerprint density at radius 1 is 1.02 bits per heavy atom. The third-order valence-electron chi connectivity index (χ3n) is 8.70. The van der Waals surface area contributed by atoms with Crippen molar-refractivity contribution in [1.82, 2.24) is 10.3 Å². The van der Waals surface area contributed by atoms with Crippen molar-refractivity contribution in [1.29, 1.82) is 10.8 Å². The Morgan fingerprint density at radius 2 is 1.62 bits per heavy atom. The Bertz CT molecular complexity index is 1340. The molecule has 0 amide bonds. The van der Waals surface area contributed by atoms with E-state index < -0.39 is 11.7 Å². The minimum absolute atomic E-state index is 0.126. The molecule has 294 valence electrons. The summed E-state index contributed by atoms with van der Waals surface area (Å²) >= 11 is 0. The smallest absolute Gasteiger partial charge is 0.381 e. The van der Waals surface area contributed by atoms with Crippen molar-refractivity contribution in [3.8, 4) is 0 Å². The van der Waals surface area contributed by atoms with Gasteiger partial charge in [-0.15, -0.1) is 0 Å². The minimum atomic E-state index is -4.45. The highest BCUT2D eigenvalue weighted by atomic mass is 19.4. The van der Waals surface area contributed by atoms with Gasteiger partial charge in [0.15, 0.2) is 5.78 Å². The van der Waals surface area contributed by atoms with Crippen molar-refractivity contribution in [3.05, 3.63) is 57.8 Å². The maximum atomic E-state index is 13.6. The lowest BCUT2D eigenvalue weighted by Crippen LogP contribution is -2.40. The van der Waals surface area contributed by atoms with Crippen LogP contribution in [0.4, 0.5) is 19.0 Å². The van der Waals surface area contributed by atoms with Gasteiger partial charge in [-0.2, -0.15) is 13.2 Å². The molecular formula is C41H66F3N5O3. The first-order valence-corrected chi connectivity index (χ1v) is 19.3. The molecule has 0 bridgehead atoms. The van der Waals surface area contributed by atoms with Crippen LogP contribution >= 0.6 is 0 Å². The monoisotopic (exact) mass is 734 g/mol. The van der Waals surface area contributed by atoms with E-state index in [1.165, 1.54) is 43.5 Å². The highest BCUT2D eigenvalue weighted by Gasteiger charge is 2.35. The molecule has 3 heterocycles. The second-order valence-electron chi connectivity index (χ2n) is 13.2. The predicted molar refractivity (Wildman–Crippen MR) is 209 cm³/mol. The van der Waals surface area contributed by atoms with Gasteiger partial charge >= 0.3 is 6.18 Å². The fraction of sp³-hybridized carbons (Fsp3) is 0.659. The lowest BCUT2D eigenvalue weighted by molar-refractivity contribution is -0.138. The molecule has 1 atom stereocenters. The number of aromatic nitrogens is 1. The number of aryl methyl sites for hydroxylation is 1. The molecular weight excluding hydrogens is 667 g/mol. The number of nitrogens with one attached hydrogen (secondary N) is 4. The van der Waals surface area contributed by atoms with Crippen LogP contribution in [0.15, 0.2) is 24.3 Å². The van der Waals surface area contributed by atoms with Gasteiger partial charge in [0.1, 0.15) is 5.82 Å². The van der Waals surface area contributed by atoms with E-state index in [4.69, 9.17) is 20.3 Å². The average Bonchev–Trinajstić information content (AvgIpc) is 3.02. The summed E-state index contributed by atoms with van der Waals surface area (Å²) in [6, 6.07) is 7.19. The summed E-state index contributed by atoms with van der Waals surface area (Å²) in [6.45, 7) is 19.5. The van der Waals surface area contributed by atoms with Crippen LogP contribution in [-0.4, -0.2) is 61.7 Å². The number of anilines is 1. The van der Waals surface area contributed by atoms with Gasteiger partial charge in [0, 0.05) is 49.1 Å². The average molecular weight is 734 g/mol. The highest BCUT2D eigenvalue weighted by Crippen LogP contribution is 2.37. The van der Waals surface area contributed by atoms with Crippen molar-refractivity contribution in [2.45, 2.75) is 138 Å². The molecule has 1 aliphatic carbocycles. The number of Topliss-reactive ketones (excluding diaryl/α,β-unsaturated/α-hetero) is 1. The number of benzene rings is 1. The van der Waals surface area contributed by atoms with Crippen molar-refractivity contribution < 1.29 is 27.4 Å². The molecule has 2 saturated heterocycles. The molecule has 1 aromatic heterocycles. The van der Waals surface area contributed by atoms with Crippen molar-refractivity contribution >= 4 is 23.5 Å². The molecule has 0 radical (unpaired) electrons. The molecule has 1 aromatic carbocycles. The molecule has 11 heteroatoms. The number of rotatable bonds is 14. The second kappa shape index (κ2) is 25.8. The number of carbonyl (C=O) groups is 1. The lowest BCUT2D eigenvalue weighted by Gasteiger charge is -2.28. The number of alkyl halides is 3. The standard InChI is InChI=1S/C20H28F3NO.C14H21N3O.C3H6O.C2H5N.C2H6/c1-4-7-19(25)17-10-15(13(3)24-12-14-8-6-9-14)11-18(16(17)5-2)20(21,22)23;1-3-4-12(15)6-11-5-10(2)16-14(7-11)17-13-8-18-9-13;1-2-4-3-1;1-2-3;1-2/h10-11,13-14,24H,4-9,12H2,1-3H3;5,7,13,15H,3-4,6,8-9H2,1-2H3,(H,16,17);1-3H2;2-3H,1H3;1-2H3. The Hall–Kier alpha value is -3.15. The van der Waals surface area contributed by atoms with Crippen LogP contribution in [0, 0.1) is 23.7 Å². The molecule has 2 aliphatic heterocycles. The van der Waals surface area contributed by atoms with Crippen molar-refractivity contribution in [2.75, 3.05) is 38.3 Å². The third-order valence-corrected chi connectivity index (χ3v) is 8.70. The predicted octanol–water partition coefficient (Wildman–Crippen LogP) is 10.4. The number of hydrogen-bond donors (Lipinski definition) is 4. The first-order chi connectivity index (χ1) is 24.9. The third kappa shape index (κ3) is 17.1. The molecule has 52 heavy (non-hydrogen) atoms. The van der Waals surface area contributed by atoms with Crippen LogP contribution in [-0.2, 0) is 28.5 Å². The van der Waals surface area contributed by atoms with Crippen LogP contribution in [0.25, 0.3) is 0 Å². The molecule has 5 rings (SSSR count). The highest BCUT2D eigenvalue weighted by molar-refractivity contribution is 5.98. The van der Waals surface area contributed by atoms with Gasteiger partial charge in [0.2, 0.25) is 0 Å². The first-order valence-electron chi connectivity index (χ1n) is 19.3. The number of ether oxygens (including phenoxy) is 2.